The Morgan fingerprint density at radius 2 is 0.435 bits per heavy atom. The van der Waals surface area contributed by atoms with Gasteiger partial charge in [0.25, 0.3) is 0 Å². The van der Waals surface area contributed by atoms with E-state index >= 15 is 0 Å². The molecule has 546 valence electrons. The van der Waals surface area contributed by atoms with Crippen molar-refractivity contribution in [1.29, 1.82) is 0 Å². The number of hydrogen-bond acceptors (Lipinski definition) is 15. The Bertz CT molecular complexity index is 1760. The van der Waals surface area contributed by atoms with Crippen LogP contribution in [0.15, 0.2) is 0 Å². The topological polar surface area (TPSA) is 237 Å². The molecule has 0 radical (unpaired) electrons. The maximum atomic E-state index is 13.0. The number of unbranched alkanes of at least 4 members (excludes halogenated alkanes) is 48. The van der Waals surface area contributed by atoms with E-state index in [1.54, 1.807) is 0 Å². The first-order chi connectivity index (χ1) is 44.7. The van der Waals surface area contributed by atoms with Gasteiger partial charge in [0.15, 0.2) is 12.2 Å². The fourth-order valence-electron chi connectivity index (χ4n) is 11.2. The molecule has 2 unspecified atom stereocenters. The fraction of sp³-hybridized carbons (Fsp3) is 0.945. The quantitative estimate of drug-likeness (QED) is 0.0222. The zero-order valence-electron chi connectivity index (χ0n) is 59.5. The second kappa shape index (κ2) is 67.6. The molecule has 19 heteroatoms. The number of rotatable bonds is 74. The molecule has 5 atom stereocenters. The van der Waals surface area contributed by atoms with Gasteiger partial charge in [-0.25, -0.2) is 9.13 Å². The predicted molar refractivity (Wildman–Crippen MR) is 372 cm³/mol. The van der Waals surface area contributed by atoms with Gasteiger partial charge in [0.1, 0.15) is 19.3 Å². The van der Waals surface area contributed by atoms with Crippen molar-refractivity contribution in [1.82, 2.24) is 0 Å². The first-order valence-corrected chi connectivity index (χ1v) is 41.3. The van der Waals surface area contributed by atoms with E-state index in [1.807, 2.05) is 0 Å². The molecule has 0 aromatic heterocycles. The fourth-order valence-corrected chi connectivity index (χ4v) is 12.8. The van der Waals surface area contributed by atoms with Crippen molar-refractivity contribution in [3.63, 3.8) is 0 Å². The number of ether oxygens (including phenoxy) is 4. The third-order valence-corrected chi connectivity index (χ3v) is 19.0. The zero-order valence-corrected chi connectivity index (χ0v) is 61.3. The molecule has 0 saturated carbocycles. The van der Waals surface area contributed by atoms with E-state index in [0.717, 1.165) is 96.3 Å². The van der Waals surface area contributed by atoms with Crippen LogP contribution in [0.3, 0.4) is 0 Å². The zero-order chi connectivity index (χ0) is 67.5. The van der Waals surface area contributed by atoms with Crippen molar-refractivity contribution in [2.75, 3.05) is 39.6 Å². The smallest absolute Gasteiger partial charge is 0.462 e. The maximum Gasteiger partial charge on any atom is 0.472 e. The third kappa shape index (κ3) is 66.7. The lowest BCUT2D eigenvalue weighted by atomic mass is 10.0. The monoisotopic (exact) mass is 1350 g/mol. The molecular formula is C73H142O17P2. The Kier molecular flexibility index (Phi) is 66.2. The SMILES string of the molecule is CCCCCCCCCCCCCCCCCCCC(=O)OC[C@H](COP(=O)(O)OC[C@@H](O)COP(=O)(O)OC[C@@H](COC(=O)CCCCCCC)OC(=O)CCCCCCCCCCCCCCC)OC(=O)CCCCCCCCCCCCCCCCCCC. The Hall–Kier alpha value is -1.94. The van der Waals surface area contributed by atoms with Crippen LogP contribution in [0.25, 0.3) is 0 Å². The minimum Gasteiger partial charge on any atom is -0.462 e. The highest BCUT2D eigenvalue weighted by Gasteiger charge is 2.30. The van der Waals surface area contributed by atoms with Crippen molar-refractivity contribution < 1.29 is 80.2 Å². The van der Waals surface area contributed by atoms with Crippen molar-refractivity contribution in [2.45, 2.75) is 406 Å². The van der Waals surface area contributed by atoms with Crippen molar-refractivity contribution in [3.05, 3.63) is 0 Å². The van der Waals surface area contributed by atoms with Gasteiger partial charge in [-0.1, -0.05) is 336 Å². The van der Waals surface area contributed by atoms with E-state index in [9.17, 15) is 43.2 Å². The summed E-state index contributed by atoms with van der Waals surface area (Å²) in [6.07, 6.45) is 57.2. The molecule has 0 rings (SSSR count). The number of phosphoric ester groups is 2. The van der Waals surface area contributed by atoms with Gasteiger partial charge in [-0.2, -0.15) is 0 Å². The van der Waals surface area contributed by atoms with Crippen LogP contribution < -0.4 is 0 Å². The lowest BCUT2D eigenvalue weighted by molar-refractivity contribution is -0.161. The number of carbonyl (C=O) groups is 4. The van der Waals surface area contributed by atoms with Crippen molar-refractivity contribution in [3.8, 4) is 0 Å². The number of carbonyl (C=O) groups excluding carboxylic acids is 4. The molecule has 0 aliphatic heterocycles. The molecular weight excluding hydrogens is 1210 g/mol. The Morgan fingerprint density at radius 3 is 0.641 bits per heavy atom. The van der Waals surface area contributed by atoms with E-state index in [2.05, 4.69) is 27.7 Å². The highest BCUT2D eigenvalue weighted by Crippen LogP contribution is 2.45. The molecule has 0 saturated heterocycles. The summed E-state index contributed by atoms with van der Waals surface area (Å²) < 4.78 is 68.2. The Labute approximate surface area is 562 Å². The van der Waals surface area contributed by atoms with Gasteiger partial charge in [-0.05, 0) is 25.7 Å². The third-order valence-electron chi connectivity index (χ3n) is 17.1. The predicted octanol–water partition coefficient (Wildman–Crippen LogP) is 21.4. The molecule has 0 bridgehead atoms. The van der Waals surface area contributed by atoms with E-state index in [0.29, 0.717) is 25.7 Å². The van der Waals surface area contributed by atoms with Gasteiger partial charge >= 0.3 is 39.5 Å². The summed E-state index contributed by atoms with van der Waals surface area (Å²) in [6, 6.07) is 0. The van der Waals surface area contributed by atoms with E-state index < -0.39 is 97.5 Å². The minimum absolute atomic E-state index is 0.107. The summed E-state index contributed by atoms with van der Waals surface area (Å²) in [7, 11) is -9.89. The number of esters is 4. The summed E-state index contributed by atoms with van der Waals surface area (Å²) >= 11 is 0. The maximum absolute atomic E-state index is 13.0. The van der Waals surface area contributed by atoms with Crippen LogP contribution in [0, 0.1) is 0 Å². The first kappa shape index (κ1) is 90.1. The van der Waals surface area contributed by atoms with Crippen LogP contribution in [0.2, 0.25) is 0 Å². The van der Waals surface area contributed by atoms with Crippen LogP contribution in [-0.4, -0.2) is 96.7 Å². The van der Waals surface area contributed by atoms with E-state index in [-0.39, 0.29) is 25.7 Å². The summed E-state index contributed by atoms with van der Waals surface area (Å²) in [5, 5.41) is 10.6. The van der Waals surface area contributed by atoms with Gasteiger partial charge in [0.2, 0.25) is 0 Å². The Morgan fingerprint density at radius 1 is 0.261 bits per heavy atom. The van der Waals surface area contributed by atoms with Crippen LogP contribution in [0.5, 0.6) is 0 Å². The molecule has 92 heavy (non-hydrogen) atoms. The second-order valence-corrected chi connectivity index (χ2v) is 29.2. The molecule has 0 spiro atoms. The van der Waals surface area contributed by atoms with Crippen molar-refractivity contribution >= 4 is 39.5 Å². The molecule has 0 fully saturated rings. The highest BCUT2D eigenvalue weighted by atomic mass is 31.2. The average molecular weight is 1350 g/mol. The van der Waals surface area contributed by atoms with E-state index in [4.69, 9.17) is 37.0 Å². The average Bonchev–Trinajstić information content (AvgIpc) is 3.12. The molecule has 0 amide bonds. The van der Waals surface area contributed by atoms with Crippen LogP contribution in [0.4, 0.5) is 0 Å². The summed E-state index contributed by atoms with van der Waals surface area (Å²) in [6.45, 7) is 4.89. The highest BCUT2D eigenvalue weighted by molar-refractivity contribution is 7.47. The molecule has 0 aliphatic carbocycles. The van der Waals surface area contributed by atoms with Crippen LogP contribution in [-0.2, 0) is 65.4 Å². The Balaban J connectivity index is 5.14. The lowest BCUT2D eigenvalue weighted by Crippen LogP contribution is -2.30. The van der Waals surface area contributed by atoms with Gasteiger partial charge in [-0.3, -0.25) is 37.3 Å². The normalized spacial score (nSPS) is 13.9. The molecule has 3 N–H and O–H groups in total. The van der Waals surface area contributed by atoms with Gasteiger partial charge in [0, 0.05) is 25.7 Å². The molecule has 17 nitrogen and oxygen atoms in total. The van der Waals surface area contributed by atoms with E-state index in [1.165, 1.54) is 212 Å². The summed E-state index contributed by atoms with van der Waals surface area (Å²) in [5.41, 5.74) is 0. The largest absolute Gasteiger partial charge is 0.472 e. The van der Waals surface area contributed by atoms with Gasteiger partial charge in [0.05, 0.1) is 26.4 Å². The van der Waals surface area contributed by atoms with Crippen LogP contribution in [0.1, 0.15) is 387 Å². The van der Waals surface area contributed by atoms with Gasteiger partial charge < -0.3 is 33.8 Å². The second-order valence-electron chi connectivity index (χ2n) is 26.3. The van der Waals surface area contributed by atoms with Crippen LogP contribution >= 0.6 is 15.6 Å². The number of phosphoric acid groups is 2. The van der Waals surface area contributed by atoms with Gasteiger partial charge in [-0.15, -0.1) is 0 Å². The molecule has 0 aromatic carbocycles. The first-order valence-electron chi connectivity index (χ1n) is 38.3. The molecule has 0 aromatic rings. The number of hydrogen-bond donors (Lipinski definition) is 3. The number of aliphatic hydroxyl groups is 1. The molecule has 0 aliphatic rings. The standard InChI is InChI=1S/C73H142O17P2/c1-5-9-13-17-20-23-26-29-31-33-35-38-40-43-46-50-54-58-71(76)84-64-69(90-73(78)60-56-52-48-45-42-39-36-34-32-30-27-24-21-18-14-10-6-2)66-88-92(81,82)86-62-67(74)61-85-91(79,80)87-65-68(63-83-70(75)57-53-49-16-12-8-4)89-72(77)59-55-51-47-44-41-37-28-25-22-19-15-11-7-3/h67-69,74H,5-66H2,1-4H3,(H,79,80)(H,81,82)/t67-,68+,69+/m0/s1. The van der Waals surface area contributed by atoms with Crippen molar-refractivity contribution in [2.24, 2.45) is 0 Å². The number of aliphatic hydroxyl groups excluding tert-OH is 1. The lowest BCUT2D eigenvalue weighted by Gasteiger charge is -2.21. The summed E-state index contributed by atoms with van der Waals surface area (Å²) in [4.78, 5) is 72.4. The molecule has 0 heterocycles. The summed E-state index contributed by atoms with van der Waals surface area (Å²) in [5.74, 6) is -2.13. The minimum atomic E-state index is -4.95.